The minimum Gasteiger partial charge on any atom is -0.256 e. The fourth-order valence-corrected chi connectivity index (χ4v) is 2.44. The molecule has 2 nitrogen and oxygen atoms in total. The molecule has 0 atom stereocenters. The first kappa shape index (κ1) is 12.1. The Labute approximate surface area is 110 Å². The number of aromatic nitrogens is 2. The van der Waals surface area contributed by atoms with Crippen LogP contribution in [0.15, 0.2) is 42.0 Å². The quantitative estimate of drug-likeness (QED) is 0.661. The molecule has 19 heavy (non-hydrogen) atoms. The number of fused-ring (bicyclic) bond motifs is 1. The van der Waals surface area contributed by atoms with Crippen molar-refractivity contribution >= 4 is 21.6 Å². The van der Waals surface area contributed by atoms with Crippen molar-refractivity contribution in [3.63, 3.8) is 0 Å². The van der Waals surface area contributed by atoms with Gasteiger partial charge in [0.05, 0.1) is 27.0 Å². The minimum absolute atomic E-state index is 0.296. The minimum atomic E-state index is -4.36. The van der Waals surface area contributed by atoms with Crippen LogP contribution in [0.1, 0.15) is 5.56 Å². The van der Waals surface area contributed by atoms with Crippen molar-refractivity contribution in [1.82, 2.24) is 9.97 Å². The molecule has 0 bridgehead atoms. The molecule has 0 N–H and O–H groups in total. The van der Waals surface area contributed by atoms with E-state index in [2.05, 4.69) is 9.97 Å². The molecular weight excluding hydrogens is 273 g/mol. The van der Waals surface area contributed by atoms with Gasteiger partial charge in [-0.3, -0.25) is 4.98 Å². The Hall–Kier alpha value is -1.95. The summed E-state index contributed by atoms with van der Waals surface area (Å²) < 4.78 is 38.9. The van der Waals surface area contributed by atoms with Gasteiger partial charge in [0.25, 0.3) is 0 Å². The van der Waals surface area contributed by atoms with Crippen molar-refractivity contribution in [1.29, 1.82) is 0 Å². The first-order valence-corrected chi connectivity index (χ1v) is 6.29. The molecule has 96 valence electrons. The van der Waals surface area contributed by atoms with Gasteiger partial charge < -0.3 is 0 Å². The van der Waals surface area contributed by atoms with Crippen LogP contribution >= 0.6 is 11.3 Å². The second-order valence-electron chi connectivity index (χ2n) is 3.96. The summed E-state index contributed by atoms with van der Waals surface area (Å²) in [7, 11) is 0. The average Bonchev–Trinajstić information content (AvgIpc) is 2.85. The number of nitrogens with zero attached hydrogens (tertiary/aromatic N) is 2. The molecule has 1 aromatic carbocycles. The third-order valence-corrected chi connectivity index (χ3v) is 3.52. The summed E-state index contributed by atoms with van der Waals surface area (Å²) in [5.74, 6) is 0. The van der Waals surface area contributed by atoms with Crippen molar-refractivity contribution in [2.75, 3.05) is 0 Å². The topological polar surface area (TPSA) is 25.8 Å². The van der Waals surface area contributed by atoms with Gasteiger partial charge in [0.15, 0.2) is 0 Å². The largest absolute Gasteiger partial charge is 0.416 e. The van der Waals surface area contributed by atoms with Crippen LogP contribution in [-0.2, 0) is 6.18 Å². The smallest absolute Gasteiger partial charge is 0.256 e. The summed E-state index contributed by atoms with van der Waals surface area (Å²) in [6.07, 6.45) is -3.19. The summed E-state index contributed by atoms with van der Waals surface area (Å²) in [6.45, 7) is 0. The number of pyridine rings is 1. The summed E-state index contributed by atoms with van der Waals surface area (Å²) in [6, 6.07) is 7.35. The van der Waals surface area contributed by atoms with Crippen LogP contribution in [0.4, 0.5) is 13.2 Å². The van der Waals surface area contributed by atoms with Gasteiger partial charge in [0, 0.05) is 11.8 Å². The molecule has 2 aromatic heterocycles. The predicted octanol–water partition coefficient (Wildman–Crippen LogP) is 4.38. The van der Waals surface area contributed by atoms with Gasteiger partial charge in [-0.2, -0.15) is 13.2 Å². The average molecular weight is 280 g/mol. The van der Waals surface area contributed by atoms with E-state index >= 15 is 0 Å². The van der Waals surface area contributed by atoms with Gasteiger partial charge in [-0.25, -0.2) is 4.98 Å². The highest BCUT2D eigenvalue weighted by atomic mass is 32.1. The number of halogens is 3. The zero-order chi connectivity index (χ0) is 13.5. The van der Waals surface area contributed by atoms with Crippen LogP contribution in [0.2, 0.25) is 0 Å². The molecule has 0 radical (unpaired) electrons. The molecule has 0 aliphatic heterocycles. The summed E-state index contributed by atoms with van der Waals surface area (Å²) in [4.78, 5) is 8.13. The first-order chi connectivity index (χ1) is 9.04. The molecule has 3 rings (SSSR count). The SMILES string of the molecule is FC(F)(F)c1ccnc(-c2ccc3scnc3c2)c1. The maximum absolute atomic E-state index is 12.6. The Kier molecular flexibility index (Phi) is 2.74. The fraction of sp³-hybridized carbons (Fsp3) is 0.0769. The van der Waals surface area contributed by atoms with E-state index in [9.17, 15) is 13.2 Å². The molecule has 0 aliphatic rings. The normalized spacial score (nSPS) is 11.9. The zero-order valence-electron chi connectivity index (χ0n) is 9.48. The van der Waals surface area contributed by atoms with Crippen LogP contribution in [0.3, 0.4) is 0 Å². The van der Waals surface area contributed by atoms with Gasteiger partial charge in [0.2, 0.25) is 0 Å². The van der Waals surface area contributed by atoms with Crippen molar-refractivity contribution in [2.24, 2.45) is 0 Å². The van der Waals surface area contributed by atoms with Crippen LogP contribution in [0.25, 0.3) is 21.5 Å². The molecule has 0 fully saturated rings. The van der Waals surface area contributed by atoms with Crippen LogP contribution < -0.4 is 0 Å². The van der Waals surface area contributed by atoms with Gasteiger partial charge in [-0.1, -0.05) is 6.07 Å². The van der Waals surface area contributed by atoms with E-state index in [4.69, 9.17) is 0 Å². The third-order valence-electron chi connectivity index (χ3n) is 2.71. The first-order valence-electron chi connectivity index (χ1n) is 5.41. The summed E-state index contributed by atoms with van der Waals surface area (Å²) in [5, 5.41) is 0. The molecule has 0 spiro atoms. The molecule has 0 saturated heterocycles. The molecule has 0 amide bonds. The van der Waals surface area contributed by atoms with E-state index in [1.807, 2.05) is 6.07 Å². The standard InChI is InChI=1S/C13H7F3N2S/c14-13(15,16)9-3-4-17-10(6-9)8-1-2-12-11(5-8)18-7-19-12/h1-7H. The van der Waals surface area contributed by atoms with Crippen molar-refractivity contribution in [3.05, 3.63) is 47.6 Å². The second-order valence-corrected chi connectivity index (χ2v) is 4.85. The van der Waals surface area contributed by atoms with Crippen LogP contribution in [0, 0.1) is 0 Å². The Bertz CT molecular complexity index is 734. The number of hydrogen-bond acceptors (Lipinski definition) is 3. The zero-order valence-corrected chi connectivity index (χ0v) is 10.3. The van der Waals surface area contributed by atoms with E-state index in [0.717, 1.165) is 22.3 Å². The number of rotatable bonds is 1. The molecule has 0 aliphatic carbocycles. The van der Waals surface area contributed by atoms with Gasteiger partial charge >= 0.3 is 6.18 Å². The lowest BCUT2D eigenvalue weighted by Crippen LogP contribution is -2.05. The molecule has 0 saturated carbocycles. The third kappa shape index (κ3) is 2.31. The van der Waals surface area contributed by atoms with Gasteiger partial charge in [0.1, 0.15) is 0 Å². The Morgan fingerprint density at radius 2 is 1.84 bits per heavy atom. The highest BCUT2D eigenvalue weighted by molar-refractivity contribution is 7.16. The molecule has 6 heteroatoms. The van der Waals surface area contributed by atoms with Gasteiger partial charge in [-0.15, -0.1) is 11.3 Å². The lowest BCUT2D eigenvalue weighted by molar-refractivity contribution is -0.137. The maximum Gasteiger partial charge on any atom is 0.416 e. The lowest BCUT2D eigenvalue weighted by Gasteiger charge is -2.08. The fourth-order valence-electron chi connectivity index (χ4n) is 1.78. The van der Waals surface area contributed by atoms with Crippen molar-refractivity contribution in [2.45, 2.75) is 6.18 Å². The summed E-state index contributed by atoms with van der Waals surface area (Å²) >= 11 is 1.49. The Balaban J connectivity index is 2.10. The molecule has 2 heterocycles. The Morgan fingerprint density at radius 1 is 1.00 bits per heavy atom. The number of hydrogen-bond donors (Lipinski definition) is 0. The number of benzene rings is 1. The van der Waals surface area contributed by atoms with E-state index < -0.39 is 11.7 Å². The van der Waals surface area contributed by atoms with E-state index in [-0.39, 0.29) is 0 Å². The maximum atomic E-state index is 12.6. The molecule has 0 unspecified atom stereocenters. The number of alkyl halides is 3. The Morgan fingerprint density at radius 3 is 2.63 bits per heavy atom. The van der Waals surface area contributed by atoms with E-state index in [1.54, 1.807) is 17.6 Å². The monoisotopic (exact) mass is 280 g/mol. The lowest BCUT2D eigenvalue weighted by atomic mass is 10.1. The van der Waals surface area contributed by atoms with Crippen molar-refractivity contribution < 1.29 is 13.2 Å². The van der Waals surface area contributed by atoms with Gasteiger partial charge in [-0.05, 0) is 24.3 Å². The second kappa shape index (κ2) is 4.31. The highest BCUT2D eigenvalue weighted by Gasteiger charge is 2.30. The molecule has 3 aromatic rings. The van der Waals surface area contributed by atoms with E-state index in [1.165, 1.54) is 17.5 Å². The van der Waals surface area contributed by atoms with Crippen molar-refractivity contribution in [3.8, 4) is 11.3 Å². The number of thiazole rings is 1. The predicted molar refractivity (Wildman–Crippen MR) is 67.9 cm³/mol. The van der Waals surface area contributed by atoms with Crippen LogP contribution in [0.5, 0.6) is 0 Å². The summed E-state index contributed by atoms with van der Waals surface area (Å²) in [5.41, 5.74) is 2.69. The highest BCUT2D eigenvalue weighted by Crippen LogP contribution is 2.32. The van der Waals surface area contributed by atoms with Crippen LogP contribution in [-0.4, -0.2) is 9.97 Å². The molecular formula is C13H7F3N2S. The van der Waals surface area contributed by atoms with E-state index in [0.29, 0.717) is 11.3 Å².